The van der Waals surface area contributed by atoms with Crippen LogP contribution in [0.15, 0.2) is 18.5 Å². The van der Waals surface area contributed by atoms with Gasteiger partial charge in [-0.3, -0.25) is 10.1 Å². The average Bonchev–Trinajstić information content (AvgIpc) is 2.47. The number of aromatic amines is 1. The molecule has 2 N–H and O–H groups in total. The third kappa shape index (κ3) is 0.833. The number of carboxylic acid groups (broad SMARTS) is 1. The summed E-state index contributed by atoms with van der Waals surface area (Å²) in [5.41, 5.74) is 0.695. The van der Waals surface area contributed by atoms with E-state index in [9.17, 15) is 4.79 Å². The Bertz CT molecular complexity index is 435. The summed E-state index contributed by atoms with van der Waals surface area (Å²) in [6, 6.07) is 1.68. The van der Waals surface area contributed by atoms with Gasteiger partial charge in [0.15, 0.2) is 5.69 Å². The summed E-state index contributed by atoms with van der Waals surface area (Å²) >= 11 is 0. The van der Waals surface area contributed by atoms with E-state index in [0.29, 0.717) is 10.9 Å². The number of H-pyrrole nitrogens is 1. The van der Waals surface area contributed by atoms with Crippen LogP contribution in [0, 0.1) is 0 Å². The largest absolute Gasteiger partial charge is 0.476 e. The Labute approximate surface area is 67.1 Å². The molecule has 5 nitrogen and oxygen atoms in total. The van der Waals surface area contributed by atoms with E-state index in [1.165, 1.54) is 6.20 Å². The molecule has 0 radical (unpaired) electrons. The van der Waals surface area contributed by atoms with E-state index in [2.05, 4.69) is 15.2 Å². The van der Waals surface area contributed by atoms with Crippen molar-refractivity contribution in [2.45, 2.75) is 0 Å². The first-order valence-electron chi connectivity index (χ1n) is 3.30. The van der Waals surface area contributed by atoms with Gasteiger partial charge in [0.25, 0.3) is 0 Å². The van der Waals surface area contributed by atoms with Gasteiger partial charge >= 0.3 is 5.97 Å². The quantitative estimate of drug-likeness (QED) is 0.647. The van der Waals surface area contributed by atoms with Crippen molar-refractivity contribution < 1.29 is 9.90 Å². The topological polar surface area (TPSA) is 78.9 Å². The van der Waals surface area contributed by atoms with Crippen LogP contribution in [0.1, 0.15) is 10.5 Å². The van der Waals surface area contributed by atoms with Gasteiger partial charge in [-0.2, -0.15) is 5.10 Å². The van der Waals surface area contributed by atoms with Crippen molar-refractivity contribution in [1.29, 1.82) is 0 Å². The molecule has 0 aliphatic rings. The molecule has 0 unspecified atom stereocenters. The second-order valence-corrected chi connectivity index (χ2v) is 2.30. The summed E-state index contributed by atoms with van der Waals surface area (Å²) in [5.74, 6) is -1.05. The van der Waals surface area contributed by atoms with Gasteiger partial charge < -0.3 is 5.11 Å². The number of nitrogens with one attached hydrogen (secondary N) is 1. The highest BCUT2D eigenvalue weighted by Gasteiger charge is 2.11. The van der Waals surface area contributed by atoms with Crippen molar-refractivity contribution in [2.75, 3.05) is 0 Å². The molecule has 0 spiro atoms. The zero-order valence-corrected chi connectivity index (χ0v) is 5.98. The maximum atomic E-state index is 10.6. The van der Waals surface area contributed by atoms with E-state index < -0.39 is 5.97 Å². The monoisotopic (exact) mass is 163 g/mol. The number of carboxylic acids is 1. The normalized spacial score (nSPS) is 10.3. The summed E-state index contributed by atoms with van der Waals surface area (Å²) in [5, 5.41) is 15.4. The molecule has 2 aromatic heterocycles. The van der Waals surface area contributed by atoms with Gasteiger partial charge in [0.1, 0.15) is 0 Å². The molecule has 0 aliphatic heterocycles. The molecule has 2 rings (SSSR count). The van der Waals surface area contributed by atoms with Gasteiger partial charge in [-0.05, 0) is 6.07 Å². The lowest BCUT2D eigenvalue weighted by Gasteiger charge is -1.86. The van der Waals surface area contributed by atoms with Crippen LogP contribution in [0.5, 0.6) is 0 Å². The Morgan fingerprint density at radius 3 is 3.17 bits per heavy atom. The molecular formula is C7H5N3O2. The fourth-order valence-electron chi connectivity index (χ4n) is 1.02. The molecule has 0 saturated heterocycles. The minimum atomic E-state index is -1.05. The second kappa shape index (κ2) is 2.30. The first-order valence-corrected chi connectivity index (χ1v) is 3.30. The van der Waals surface area contributed by atoms with Gasteiger partial charge in [0.2, 0.25) is 0 Å². The highest BCUT2D eigenvalue weighted by atomic mass is 16.4. The van der Waals surface area contributed by atoms with E-state index in [-0.39, 0.29) is 5.69 Å². The zero-order chi connectivity index (χ0) is 8.55. The van der Waals surface area contributed by atoms with Crippen LogP contribution in [0.25, 0.3) is 10.9 Å². The van der Waals surface area contributed by atoms with E-state index in [0.717, 1.165) is 0 Å². The lowest BCUT2D eigenvalue weighted by molar-refractivity contribution is 0.0692. The standard InChI is InChI=1S/C7H5N3O2/c11-7(12)6-4-3-8-2-1-5(4)9-10-6/h1-3H,(H,9,10)(H,11,12). The third-order valence-corrected chi connectivity index (χ3v) is 1.57. The second-order valence-electron chi connectivity index (χ2n) is 2.30. The third-order valence-electron chi connectivity index (χ3n) is 1.57. The number of pyridine rings is 1. The Kier molecular flexibility index (Phi) is 1.30. The predicted octanol–water partition coefficient (Wildman–Crippen LogP) is 0.656. The number of rotatable bonds is 1. The van der Waals surface area contributed by atoms with Crippen molar-refractivity contribution in [3.05, 3.63) is 24.2 Å². The Balaban J connectivity index is 2.79. The van der Waals surface area contributed by atoms with Gasteiger partial charge in [0, 0.05) is 12.4 Å². The summed E-state index contributed by atoms with van der Waals surface area (Å²) in [6.07, 6.45) is 3.05. The molecular weight excluding hydrogens is 158 g/mol. The Hall–Kier alpha value is -1.91. The maximum Gasteiger partial charge on any atom is 0.357 e. The smallest absolute Gasteiger partial charge is 0.357 e. The van der Waals surface area contributed by atoms with Crippen LogP contribution in [0.3, 0.4) is 0 Å². The molecule has 0 aromatic carbocycles. The van der Waals surface area contributed by atoms with Gasteiger partial charge in [-0.15, -0.1) is 0 Å². The Morgan fingerprint density at radius 2 is 2.42 bits per heavy atom. The molecule has 12 heavy (non-hydrogen) atoms. The minimum Gasteiger partial charge on any atom is -0.476 e. The van der Waals surface area contributed by atoms with Gasteiger partial charge in [-0.1, -0.05) is 0 Å². The molecule has 0 bridgehead atoms. The lowest BCUT2D eigenvalue weighted by Crippen LogP contribution is -1.96. The van der Waals surface area contributed by atoms with Crippen LogP contribution >= 0.6 is 0 Å². The molecule has 0 fully saturated rings. The number of aromatic carboxylic acids is 1. The predicted molar refractivity (Wildman–Crippen MR) is 40.8 cm³/mol. The van der Waals surface area contributed by atoms with Gasteiger partial charge in [-0.25, -0.2) is 4.79 Å². The molecule has 0 amide bonds. The van der Waals surface area contributed by atoms with E-state index >= 15 is 0 Å². The molecule has 60 valence electrons. The number of hydrogen-bond acceptors (Lipinski definition) is 3. The number of nitrogens with zero attached hydrogens (tertiary/aromatic N) is 2. The molecule has 0 aliphatic carbocycles. The highest BCUT2D eigenvalue weighted by molar-refractivity contribution is 6.00. The van der Waals surface area contributed by atoms with Crippen molar-refractivity contribution >= 4 is 16.9 Å². The minimum absolute atomic E-state index is 0.0121. The summed E-state index contributed by atoms with van der Waals surface area (Å²) in [6.45, 7) is 0. The number of hydrogen-bond donors (Lipinski definition) is 2. The fraction of sp³-hybridized carbons (Fsp3) is 0. The summed E-state index contributed by atoms with van der Waals surface area (Å²) < 4.78 is 0. The van der Waals surface area contributed by atoms with Crippen LogP contribution in [-0.4, -0.2) is 26.3 Å². The SMILES string of the molecule is O=C(O)c1n[nH]c2ccncc12. The van der Waals surface area contributed by atoms with Crippen LogP contribution in [-0.2, 0) is 0 Å². The van der Waals surface area contributed by atoms with Crippen LogP contribution in [0.2, 0.25) is 0 Å². The van der Waals surface area contributed by atoms with Crippen molar-refractivity contribution in [2.24, 2.45) is 0 Å². The van der Waals surface area contributed by atoms with E-state index in [1.54, 1.807) is 12.3 Å². The zero-order valence-electron chi connectivity index (χ0n) is 5.98. The Morgan fingerprint density at radius 1 is 1.58 bits per heavy atom. The molecule has 2 heterocycles. The van der Waals surface area contributed by atoms with E-state index in [4.69, 9.17) is 5.11 Å². The average molecular weight is 163 g/mol. The lowest BCUT2D eigenvalue weighted by atomic mass is 10.2. The van der Waals surface area contributed by atoms with Gasteiger partial charge in [0.05, 0.1) is 10.9 Å². The van der Waals surface area contributed by atoms with Crippen molar-refractivity contribution in [3.63, 3.8) is 0 Å². The van der Waals surface area contributed by atoms with Crippen LogP contribution < -0.4 is 0 Å². The number of fused-ring (bicyclic) bond motifs is 1. The molecule has 0 saturated carbocycles. The number of aromatic nitrogens is 3. The van der Waals surface area contributed by atoms with Crippen molar-refractivity contribution in [1.82, 2.24) is 15.2 Å². The van der Waals surface area contributed by atoms with Crippen molar-refractivity contribution in [3.8, 4) is 0 Å². The summed E-state index contributed by atoms with van der Waals surface area (Å²) in [4.78, 5) is 14.4. The van der Waals surface area contributed by atoms with E-state index in [1.807, 2.05) is 0 Å². The maximum absolute atomic E-state index is 10.6. The fourth-order valence-corrected chi connectivity index (χ4v) is 1.02. The molecule has 2 aromatic rings. The number of carbonyl (C=O) groups is 1. The van der Waals surface area contributed by atoms with Crippen LogP contribution in [0.4, 0.5) is 0 Å². The molecule has 0 atom stereocenters. The summed E-state index contributed by atoms with van der Waals surface area (Å²) in [7, 11) is 0. The molecule has 5 heteroatoms. The first kappa shape index (κ1) is 6.78. The first-order chi connectivity index (χ1) is 5.79. The highest BCUT2D eigenvalue weighted by Crippen LogP contribution is 2.12.